The van der Waals surface area contributed by atoms with Crippen molar-refractivity contribution in [3.8, 4) is 0 Å². The third-order valence-corrected chi connectivity index (χ3v) is 6.59. The summed E-state index contributed by atoms with van der Waals surface area (Å²) in [5, 5.41) is 3.22. The number of hydrogen-bond donors (Lipinski definition) is 2. The first kappa shape index (κ1) is 19.4. The molecule has 29 heavy (non-hydrogen) atoms. The molecule has 7 heteroatoms. The lowest BCUT2D eigenvalue weighted by Gasteiger charge is -2.48. The molecule has 2 heterocycles. The van der Waals surface area contributed by atoms with Gasteiger partial charge in [-0.05, 0) is 57.5 Å². The maximum Gasteiger partial charge on any atom is 0.323 e. The summed E-state index contributed by atoms with van der Waals surface area (Å²) in [4.78, 5) is 32.2. The molecule has 0 unspecified atom stereocenters. The van der Waals surface area contributed by atoms with Gasteiger partial charge in [0.25, 0.3) is 0 Å². The van der Waals surface area contributed by atoms with Gasteiger partial charge in [-0.1, -0.05) is 30.3 Å². The number of nitrogens with zero attached hydrogens (tertiary/aromatic N) is 3. The van der Waals surface area contributed by atoms with E-state index < -0.39 is 5.91 Å². The summed E-state index contributed by atoms with van der Waals surface area (Å²) in [6, 6.07) is 13.8. The minimum Gasteiger partial charge on any atom is -0.366 e. The zero-order valence-corrected chi connectivity index (χ0v) is 16.9. The number of hydrogen-bond acceptors (Lipinski definition) is 4. The van der Waals surface area contributed by atoms with E-state index in [1.54, 1.807) is 17.0 Å². The Kier molecular flexibility index (Phi) is 4.78. The van der Waals surface area contributed by atoms with E-state index in [-0.39, 0.29) is 17.1 Å². The number of anilines is 1. The van der Waals surface area contributed by atoms with Gasteiger partial charge in [0.1, 0.15) is 5.82 Å². The zero-order chi connectivity index (χ0) is 20.6. The molecular weight excluding hydrogens is 366 g/mol. The predicted octanol–water partition coefficient (Wildman–Crippen LogP) is 2.48. The number of primary amides is 1. The minimum atomic E-state index is -0.528. The van der Waals surface area contributed by atoms with Crippen LogP contribution in [0, 0.1) is 0 Å². The van der Waals surface area contributed by atoms with Crippen LogP contribution in [-0.2, 0) is 5.54 Å². The Morgan fingerprint density at radius 2 is 1.79 bits per heavy atom. The quantitative estimate of drug-likeness (QED) is 0.835. The van der Waals surface area contributed by atoms with Crippen molar-refractivity contribution in [1.29, 1.82) is 0 Å². The fourth-order valence-corrected chi connectivity index (χ4v) is 4.75. The van der Waals surface area contributed by atoms with Gasteiger partial charge in [0.2, 0.25) is 5.91 Å². The first-order valence-corrected chi connectivity index (χ1v) is 9.94. The molecule has 7 nitrogen and oxygen atoms in total. The molecule has 1 saturated carbocycles. The third kappa shape index (κ3) is 3.35. The summed E-state index contributed by atoms with van der Waals surface area (Å²) >= 11 is 0. The van der Waals surface area contributed by atoms with Crippen molar-refractivity contribution in [2.24, 2.45) is 5.73 Å². The average Bonchev–Trinajstić information content (AvgIpc) is 3.05. The number of aromatic nitrogens is 1. The standard InChI is InChI=1S/C22H27N5O2/c1-26(2)22(17-6-4-3-5-7-17)12-10-21(11-13-22)15-27(20(29)25-21)18-9-8-16(14-24-18)19(23)28/h3-9,14H,10-13,15H2,1-2H3,(H2,23,28)(H,25,29)/t21-,22+. The third-order valence-electron chi connectivity index (χ3n) is 6.59. The molecule has 3 N–H and O–H groups in total. The summed E-state index contributed by atoms with van der Waals surface area (Å²) in [5.74, 6) is 0.0106. The SMILES string of the molecule is CN(C)[C@]1(c2ccccc2)CC[C@]2(CC1)CN(c1ccc(C(N)=O)cn1)C(=O)N2. The lowest BCUT2D eigenvalue weighted by atomic mass is 9.69. The van der Waals surface area contributed by atoms with Crippen LogP contribution in [0.15, 0.2) is 48.7 Å². The van der Waals surface area contributed by atoms with Gasteiger partial charge < -0.3 is 11.1 Å². The van der Waals surface area contributed by atoms with Crippen molar-refractivity contribution in [1.82, 2.24) is 15.2 Å². The first-order chi connectivity index (χ1) is 13.9. The lowest BCUT2D eigenvalue weighted by molar-refractivity contribution is 0.0657. The Labute approximate surface area is 170 Å². The number of rotatable bonds is 4. The van der Waals surface area contributed by atoms with Crippen molar-refractivity contribution >= 4 is 17.8 Å². The van der Waals surface area contributed by atoms with Gasteiger partial charge in [-0.2, -0.15) is 0 Å². The van der Waals surface area contributed by atoms with Gasteiger partial charge in [-0.25, -0.2) is 9.78 Å². The molecule has 1 aliphatic heterocycles. The summed E-state index contributed by atoms with van der Waals surface area (Å²) in [6.45, 7) is 0.576. The van der Waals surface area contributed by atoms with Crippen molar-refractivity contribution in [3.05, 3.63) is 59.8 Å². The van der Waals surface area contributed by atoms with E-state index in [1.807, 2.05) is 6.07 Å². The summed E-state index contributed by atoms with van der Waals surface area (Å²) in [7, 11) is 4.27. The highest BCUT2D eigenvalue weighted by Gasteiger charge is 2.50. The van der Waals surface area contributed by atoms with Gasteiger partial charge in [0, 0.05) is 11.7 Å². The predicted molar refractivity (Wildman–Crippen MR) is 112 cm³/mol. The van der Waals surface area contributed by atoms with Crippen molar-refractivity contribution in [3.63, 3.8) is 0 Å². The lowest BCUT2D eigenvalue weighted by Crippen LogP contribution is -2.54. The highest BCUT2D eigenvalue weighted by atomic mass is 16.2. The monoisotopic (exact) mass is 393 g/mol. The van der Waals surface area contributed by atoms with Crippen LogP contribution < -0.4 is 16.0 Å². The molecule has 152 valence electrons. The second-order valence-electron chi connectivity index (χ2n) is 8.36. The number of carbonyl (C=O) groups excluding carboxylic acids is 2. The molecule has 1 aromatic carbocycles. The van der Waals surface area contributed by atoms with Gasteiger partial charge in [-0.15, -0.1) is 0 Å². The molecular formula is C22H27N5O2. The largest absolute Gasteiger partial charge is 0.366 e. The number of urea groups is 1. The van der Waals surface area contributed by atoms with Gasteiger partial charge in [-0.3, -0.25) is 14.6 Å². The van der Waals surface area contributed by atoms with E-state index in [9.17, 15) is 9.59 Å². The summed E-state index contributed by atoms with van der Waals surface area (Å²) < 4.78 is 0. The molecule has 3 amide bonds. The fraction of sp³-hybridized carbons (Fsp3) is 0.409. The number of pyridine rings is 1. The summed E-state index contributed by atoms with van der Waals surface area (Å²) in [5.41, 5.74) is 6.66. The Morgan fingerprint density at radius 1 is 1.10 bits per heavy atom. The van der Waals surface area contributed by atoms with Crippen LogP contribution in [-0.4, -0.2) is 48.0 Å². The Hall–Kier alpha value is -2.93. The average molecular weight is 393 g/mol. The second-order valence-corrected chi connectivity index (χ2v) is 8.36. The topological polar surface area (TPSA) is 91.6 Å². The first-order valence-electron chi connectivity index (χ1n) is 9.94. The van der Waals surface area contributed by atoms with E-state index in [0.717, 1.165) is 25.7 Å². The van der Waals surface area contributed by atoms with Gasteiger partial charge in [0.15, 0.2) is 0 Å². The molecule has 0 atom stereocenters. The van der Waals surface area contributed by atoms with Crippen LogP contribution in [0.1, 0.15) is 41.6 Å². The van der Waals surface area contributed by atoms with Crippen LogP contribution in [0.2, 0.25) is 0 Å². The number of benzene rings is 1. The van der Waals surface area contributed by atoms with Crippen LogP contribution in [0.4, 0.5) is 10.6 Å². The summed E-state index contributed by atoms with van der Waals surface area (Å²) in [6.07, 6.45) is 5.13. The molecule has 2 fully saturated rings. The molecule has 1 aliphatic carbocycles. The van der Waals surface area contributed by atoms with Crippen LogP contribution in [0.25, 0.3) is 0 Å². The van der Waals surface area contributed by atoms with Crippen molar-refractivity contribution < 1.29 is 9.59 Å². The van der Waals surface area contributed by atoms with E-state index >= 15 is 0 Å². The number of carbonyl (C=O) groups is 2. The van der Waals surface area contributed by atoms with Crippen molar-refractivity contribution in [2.75, 3.05) is 25.5 Å². The normalized spacial score (nSPS) is 26.7. The maximum absolute atomic E-state index is 12.7. The van der Waals surface area contributed by atoms with Crippen molar-refractivity contribution in [2.45, 2.75) is 36.8 Å². The van der Waals surface area contributed by atoms with E-state index in [1.165, 1.54) is 11.8 Å². The Bertz CT molecular complexity index is 903. The van der Waals surface area contributed by atoms with Gasteiger partial charge >= 0.3 is 6.03 Å². The molecule has 1 aromatic heterocycles. The molecule has 4 rings (SSSR count). The Balaban J connectivity index is 1.53. The number of amides is 3. The molecule has 2 aromatic rings. The van der Waals surface area contributed by atoms with E-state index in [4.69, 9.17) is 5.73 Å². The van der Waals surface area contributed by atoms with E-state index in [2.05, 4.69) is 53.6 Å². The Morgan fingerprint density at radius 3 is 2.34 bits per heavy atom. The molecule has 1 saturated heterocycles. The van der Waals surface area contributed by atoms with E-state index in [0.29, 0.717) is 17.9 Å². The fourth-order valence-electron chi connectivity index (χ4n) is 4.75. The number of nitrogens with two attached hydrogens (primary N) is 1. The highest BCUT2D eigenvalue weighted by Crippen LogP contribution is 2.46. The molecule has 0 bridgehead atoms. The smallest absolute Gasteiger partial charge is 0.323 e. The molecule has 1 spiro atoms. The second kappa shape index (κ2) is 7.15. The minimum absolute atomic E-state index is 0.0218. The van der Waals surface area contributed by atoms with Gasteiger partial charge in [0.05, 0.1) is 17.6 Å². The zero-order valence-electron chi connectivity index (χ0n) is 16.9. The highest BCUT2D eigenvalue weighted by molar-refractivity contribution is 5.96. The molecule has 2 aliphatic rings. The number of nitrogens with one attached hydrogen (secondary N) is 1. The van der Waals surface area contributed by atoms with Crippen LogP contribution in [0.5, 0.6) is 0 Å². The van der Waals surface area contributed by atoms with Crippen LogP contribution in [0.3, 0.4) is 0 Å². The van der Waals surface area contributed by atoms with Crippen LogP contribution >= 0.6 is 0 Å². The maximum atomic E-state index is 12.7. The molecule has 0 radical (unpaired) electrons.